The molecule has 0 aliphatic heterocycles. The SMILES string of the molecule is O=C(C(O)COCCO)[C@@H](O)[C@H](O)[C@H](O)CO. The van der Waals surface area contributed by atoms with Crippen LogP contribution in [0.15, 0.2) is 0 Å². The summed E-state index contributed by atoms with van der Waals surface area (Å²) in [7, 11) is 0. The number of ether oxygens (including phenoxy) is 1. The summed E-state index contributed by atoms with van der Waals surface area (Å²) in [6.07, 6.45) is -7.28. The topological polar surface area (TPSA) is 148 Å². The van der Waals surface area contributed by atoms with Gasteiger partial charge in [-0.05, 0) is 0 Å². The van der Waals surface area contributed by atoms with Gasteiger partial charge in [-0.25, -0.2) is 0 Å². The lowest BCUT2D eigenvalue weighted by atomic mass is 10.0. The minimum atomic E-state index is -2.02. The number of carbonyl (C=O) groups is 1. The molecule has 0 saturated carbocycles. The Morgan fingerprint density at radius 2 is 1.71 bits per heavy atom. The Labute approximate surface area is 97.7 Å². The number of hydrogen-bond acceptors (Lipinski definition) is 8. The van der Waals surface area contributed by atoms with E-state index in [2.05, 4.69) is 4.74 Å². The maximum atomic E-state index is 11.3. The molecule has 8 nitrogen and oxygen atoms in total. The normalized spacial score (nSPS) is 18.5. The van der Waals surface area contributed by atoms with Gasteiger partial charge in [0.2, 0.25) is 0 Å². The first-order valence-corrected chi connectivity index (χ1v) is 5.01. The number of aliphatic hydroxyl groups is 6. The summed E-state index contributed by atoms with van der Waals surface area (Å²) in [5, 5.41) is 53.6. The van der Waals surface area contributed by atoms with Crippen LogP contribution in [0.2, 0.25) is 0 Å². The van der Waals surface area contributed by atoms with Gasteiger partial charge in [0.1, 0.15) is 24.4 Å². The number of ketones is 1. The zero-order valence-electron chi connectivity index (χ0n) is 9.14. The van der Waals surface area contributed by atoms with Crippen molar-refractivity contribution < 1.29 is 40.2 Å². The summed E-state index contributed by atoms with van der Waals surface area (Å²) >= 11 is 0. The maximum absolute atomic E-state index is 11.3. The van der Waals surface area contributed by atoms with E-state index in [0.717, 1.165) is 0 Å². The molecule has 4 atom stereocenters. The first-order valence-electron chi connectivity index (χ1n) is 5.01. The van der Waals surface area contributed by atoms with Crippen LogP contribution in [0.3, 0.4) is 0 Å². The van der Waals surface area contributed by atoms with Crippen LogP contribution in [0.25, 0.3) is 0 Å². The van der Waals surface area contributed by atoms with E-state index in [1.165, 1.54) is 0 Å². The highest BCUT2D eigenvalue weighted by atomic mass is 16.5. The van der Waals surface area contributed by atoms with Crippen LogP contribution in [0.4, 0.5) is 0 Å². The van der Waals surface area contributed by atoms with Crippen LogP contribution in [0.5, 0.6) is 0 Å². The van der Waals surface area contributed by atoms with E-state index >= 15 is 0 Å². The monoisotopic (exact) mass is 254 g/mol. The second-order valence-corrected chi connectivity index (χ2v) is 3.40. The van der Waals surface area contributed by atoms with Crippen molar-refractivity contribution in [2.45, 2.75) is 24.4 Å². The van der Waals surface area contributed by atoms with Gasteiger partial charge < -0.3 is 35.4 Å². The summed E-state index contributed by atoms with van der Waals surface area (Å²) in [6.45, 7) is -1.64. The molecule has 0 amide bonds. The molecule has 0 aromatic heterocycles. The molecule has 0 aliphatic carbocycles. The Balaban J connectivity index is 4.18. The van der Waals surface area contributed by atoms with Crippen LogP contribution >= 0.6 is 0 Å². The van der Waals surface area contributed by atoms with Crippen molar-refractivity contribution in [3.63, 3.8) is 0 Å². The highest BCUT2D eigenvalue weighted by molar-refractivity contribution is 5.87. The quantitative estimate of drug-likeness (QED) is 0.228. The van der Waals surface area contributed by atoms with E-state index in [1.54, 1.807) is 0 Å². The van der Waals surface area contributed by atoms with Gasteiger partial charge in [-0.2, -0.15) is 0 Å². The number of rotatable bonds is 9. The van der Waals surface area contributed by atoms with Crippen LogP contribution in [-0.2, 0) is 9.53 Å². The number of hydrogen-bond donors (Lipinski definition) is 6. The molecule has 8 heteroatoms. The molecule has 0 fully saturated rings. The van der Waals surface area contributed by atoms with E-state index in [9.17, 15) is 20.1 Å². The van der Waals surface area contributed by atoms with Gasteiger partial charge in [0, 0.05) is 0 Å². The van der Waals surface area contributed by atoms with Gasteiger partial charge in [0.25, 0.3) is 0 Å². The van der Waals surface area contributed by atoms with Gasteiger partial charge >= 0.3 is 0 Å². The Hall–Kier alpha value is -0.610. The van der Waals surface area contributed by atoms with E-state index in [-0.39, 0.29) is 13.2 Å². The van der Waals surface area contributed by atoms with Gasteiger partial charge in [0.15, 0.2) is 5.78 Å². The fourth-order valence-corrected chi connectivity index (χ4v) is 1.03. The van der Waals surface area contributed by atoms with Crippen molar-refractivity contribution in [3.05, 3.63) is 0 Å². The lowest BCUT2D eigenvalue weighted by molar-refractivity contribution is -0.151. The molecule has 0 rings (SSSR count). The molecule has 0 radical (unpaired) electrons. The molecular weight excluding hydrogens is 236 g/mol. The predicted octanol–water partition coefficient (Wildman–Crippen LogP) is -4.00. The Morgan fingerprint density at radius 1 is 1.12 bits per heavy atom. The summed E-state index contributed by atoms with van der Waals surface area (Å²) < 4.78 is 4.66. The van der Waals surface area contributed by atoms with Crippen LogP contribution in [0, 0.1) is 0 Å². The Bertz CT molecular complexity index is 221. The molecule has 17 heavy (non-hydrogen) atoms. The third-order valence-electron chi connectivity index (χ3n) is 2.04. The van der Waals surface area contributed by atoms with Crippen LogP contribution in [0.1, 0.15) is 0 Å². The minimum Gasteiger partial charge on any atom is -0.394 e. The van der Waals surface area contributed by atoms with Gasteiger partial charge in [-0.15, -0.1) is 0 Å². The second kappa shape index (κ2) is 8.48. The number of carbonyl (C=O) groups excluding carboxylic acids is 1. The van der Waals surface area contributed by atoms with E-state index in [0.29, 0.717) is 0 Å². The fraction of sp³-hybridized carbons (Fsp3) is 0.889. The lowest BCUT2D eigenvalue weighted by Gasteiger charge is -2.22. The van der Waals surface area contributed by atoms with Crippen molar-refractivity contribution in [1.29, 1.82) is 0 Å². The summed E-state index contributed by atoms with van der Waals surface area (Å²) in [5.74, 6) is -1.14. The molecule has 1 unspecified atom stereocenters. The smallest absolute Gasteiger partial charge is 0.194 e. The lowest BCUT2D eigenvalue weighted by Crippen LogP contribution is -2.48. The van der Waals surface area contributed by atoms with Crippen molar-refractivity contribution in [2.75, 3.05) is 26.4 Å². The highest BCUT2D eigenvalue weighted by Crippen LogP contribution is 2.04. The zero-order valence-corrected chi connectivity index (χ0v) is 9.14. The first-order chi connectivity index (χ1) is 7.95. The van der Waals surface area contributed by atoms with E-state index in [4.69, 9.17) is 15.3 Å². The number of Topliss-reactive ketones (excluding diaryl/α,β-unsaturated/α-hetero) is 1. The summed E-state index contributed by atoms with van der Waals surface area (Å²) in [6, 6.07) is 0. The van der Waals surface area contributed by atoms with Crippen LogP contribution in [-0.4, -0.2) is 87.3 Å². The van der Waals surface area contributed by atoms with Gasteiger partial charge in [-0.1, -0.05) is 0 Å². The largest absolute Gasteiger partial charge is 0.394 e. The molecule has 0 aliphatic rings. The van der Waals surface area contributed by atoms with Gasteiger partial charge in [-0.3, -0.25) is 4.79 Å². The molecule has 102 valence electrons. The van der Waals surface area contributed by atoms with Crippen molar-refractivity contribution in [2.24, 2.45) is 0 Å². The van der Waals surface area contributed by atoms with E-state index < -0.39 is 43.4 Å². The third-order valence-corrected chi connectivity index (χ3v) is 2.04. The second-order valence-electron chi connectivity index (χ2n) is 3.40. The average Bonchev–Trinajstić information content (AvgIpc) is 2.35. The summed E-state index contributed by atoms with van der Waals surface area (Å²) in [4.78, 5) is 11.3. The average molecular weight is 254 g/mol. The molecule has 0 aromatic carbocycles. The molecule has 0 spiro atoms. The predicted molar refractivity (Wildman–Crippen MR) is 54.0 cm³/mol. The number of aliphatic hydroxyl groups excluding tert-OH is 6. The van der Waals surface area contributed by atoms with Crippen molar-refractivity contribution in [3.8, 4) is 0 Å². The molecule has 6 N–H and O–H groups in total. The molecule has 0 saturated heterocycles. The molecule has 0 aromatic rings. The maximum Gasteiger partial charge on any atom is 0.194 e. The van der Waals surface area contributed by atoms with Gasteiger partial charge in [0.05, 0.1) is 26.4 Å². The zero-order chi connectivity index (χ0) is 13.4. The summed E-state index contributed by atoms with van der Waals surface area (Å²) in [5.41, 5.74) is 0. The van der Waals surface area contributed by atoms with Crippen molar-refractivity contribution >= 4 is 5.78 Å². The Kier molecular flexibility index (Phi) is 8.17. The minimum absolute atomic E-state index is 0.0811. The molecule has 0 heterocycles. The Morgan fingerprint density at radius 3 is 2.18 bits per heavy atom. The third kappa shape index (κ3) is 5.50. The molecular formula is C9H18O8. The molecule has 0 bridgehead atoms. The fourth-order valence-electron chi connectivity index (χ4n) is 1.03. The van der Waals surface area contributed by atoms with Crippen molar-refractivity contribution in [1.82, 2.24) is 0 Å². The van der Waals surface area contributed by atoms with Crippen LogP contribution < -0.4 is 0 Å². The van der Waals surface area contributed by atoms with E-state index in [1.807, 2.05) is 0 Å². The standard InChI is InChI=1S/C9H18O8/c10-1-2-17-4-6(13)8(15)9(16)7(14)5(12)3-11/h5-7,9-14,16H,1-4H2/t5-,6?,7-,9+/m1/s1. The highest BCUT2D eigenvalue weighted by Gasteiger charge is 2.33. The first kappa shape index (κ1) is 16.4.